The van der Waals surface area contributed by atoms with Crippen molar-refractivity contribution >= 4 is 0 Å². The second-order valence-electron chi connectivity index (χ2n) is 4.30. The summed E-state index contributed by atoms with van der Waals surface area (Å²) in [6.07, 6.45) is 4.00. The first-order chi connectivity index (χ1) is 8.66. The van der Waals surface area contributed by atoms with Crippen LogP contribution in [-0.2, 0) is 13.5 Å². The van der Waals surface area contributed by atoms with E-state index in [9.17, 15) is 5.11 Å². The lowest BCUT2D eigenvalue weighted by molar-refractivity contribution is 0.198. The Kier molecular flexibility index (Phi) is 3.99. The zero-order chi connectivity index (χ0) is 13.0. The van der Waals surface area contributed by atoms with Crippen molar-refractivity contribution in [3.63, 3.8) is 0 Å². The van der Waals surface area contributed by atoms with Crippen LogP contribution >= 0.6 is 0 Å². The first kappa shape index (κ1) is 12.6. The van der Waals surface area contributed by atoms with Gasteiger partial charge in [-0.15, -0.1) is 0 Å². The van der Waals surface area contributed by atoms with Crippen LogP contribution in [0.3, 0.4) is 0 Å². The van der Waals surface area contributed by atoms with Crippen molar-refractivity contribution in [1.82, 2.24) is 9.55 Å². The second kappa shape index (κ2) is 5.69. The molecule has 0 saturated heterocycles. The van der Waals surface area contributed by atoms with Gasteiger partial charge in [-0.25, -0.2) is 4.98 Å². The van der Waals surface area contributed by atoms with Crippen LogP contribution < -0.4 is 4.74 Å². The van der Waals surface area contributed by atoms with Gasteiger partial charge in [0.25, 0.3) is 0 Å². The highest BCUT2D eigenvalue weighted by molar-refractivity contribution is 5.29. The summed E-state index contributed by atoms with van der Waals surface area (Å²) in [7, 11) is 1.97. The third kappa shape index (κ3) is 3.11. The number of aliphatic hydroxyl groups is 1. The molecule has 1 N–H and O–H groups in total. The lowest BCUT2D eigenvalue weighted by Gasteiger charge is -2.09. The average molecular weight is 246 g/mol. The minimum Gasteiger partial charge on any atom is -0.493 e. The second-order valence-corrected chi connectivity index (χ2v) is 4.30. The van der Waals surface area contributed by atoms with E-state index >= 15 is 0 Å². The Bertz CT molecular complexity index is 506. The van der Waals surface area contributed by atoms with Crippen LogP contribution in [0.4, 0.5) is 0 Å². The molecule has 0 aliphatic rings. The van der Waals surface area contributed by atoms with E-state index in [-0.39, 0.29) is 0 Å². The number of aromatic nitrogens is 2. The first-order valence-electron chi connectivity index (χ1n) is 6.04. The summed E-state index contributed by atoms with van der Waals surface area (Å²) in [6, 6.07) is 7.53. The predicted octanol–water partition coefficient (Wildman–Crippen LogP) is 2.09. The van der Waals surface area contributed by atoms with Gasteiger partial charge in [-0.2, -0.15) is 0 Å². The maximum absolute atomic E-state index is 9.49. The van der Waals surface area contributed by atoms with Crippen molar-refractivity contribution in [3.05, 3.63) is 48.0 Å². The van der Waals surface area contributed by atoms with Gasteiger partial charge in [0.1, 0.15) is 11.6 Å². The topological polar surface area (TPSA) is 47.3 Å². The van der Waals surface area contributed by atoms with Crippen LogP contribution in [0.2, 0.25) is 0 Å². The lowest BCUT2D eigenvalue weighted by atomic mass is 10.1. The normalized spacial score (nSPS) is 12.4. The van der Waals surface area contributed by atoms with Crippen molar-refractivity contribution in [2.24, 2.45) is 7.05 Å². The van der Waals surface area contributed by atoms with Gasteiger partial charge < -0.3 is 14.4 Å². The Hall–Kier alpha value is -1.81. The molecule has 4 heteroatoms. The number of nitrogens with zero attached hydrogens (tertiary/aromatic N) is 2. The Balaban J connectivity index is 1.90. The highest BCUT2D eigenvalue weighted by Gasteiger charge is 2.03. The number of benzene rings is 1. The van der Waals surface area contributed by atoms with Gasteiger partial charge in [-0.3, -0.25) is 0 Å². The SMILES string of the molecule is CC(O)c1cccc(OCCc2nccn2C)c1. The van der Waals surface area contributed by atoms with E-state index in [2.05, 4.69) is 4.98 Å². The summed E-state index contributed by atoms with van der Waals surface area (Å²) < 4.78 is 7.64. The average Bonchev–Trinajstić information content (AvgIpc) is 2.76. The van der Waals surface area contributed by atoms with Crippen LogP contribution in [0.25, 0.3) is 0 Å². The van der Waals surface area contributed by atoms with E-state index < -0.39 is 6.10 Å². The molecular weight excluding hydrogens is 228 g/mol. The van der Waals surface area contributed by atoms with Crippen molar-refractivity contribution in [2.45, 2.75) is 19.4 Å². The van der Waals surface area contributed by atoms with Gasteiger partial charge in [0.15, 0.2) is 0 Å². The molecular formula is C14H18N2O2. The highest BCUT2D eigenvalue weighted by Crippen LogP contribution is 2.18. The van der Waals surface area contributed by atoms with Crippen LogP contribution in [0.1, 0.15) is 24.4 Å². The third-order valence-corrected chi connectivity index (χ3v) is 2.86. The lowest BCUT2D eigenvalue weighted by Crippen LogP contribution is -2.06. The summed E-state index contributed by atoms with van der Waals surface area (Å²) in [5.74, 6) is 1.78. The number of hydrogen-bond acceptors (Lipinski definition) is 3. The smallest absolute Gasteiger partial charge is 0.119 e. The molecule has 1 aromatic heterocycles. The molecule has 0 amide bonds. The maximum atomic E-state index is 9.49. The molecule has 0 fully saturated rings. The van der Waals surface area contributed by atoms with E-state index in [1.54, 1.807) is 13.1 Å². The van der Waals surface area contributed by atoms with Crippen molar-refractivity contribution in [1.29, 1.82) is 0 Å². The van der Waals surface area contributed by atoms with Crippen LogP contribution in [0, 0.1) is 0 Å². The van der Waals surface area contributed by atoms with Crippen LogP contribution in [0.5, 0.6) is 5.75 Å². The fourth-order valence-corrected chi connectivity index (χ4v) is 1.76. The zero-order valence-corrected chi connectivity index (χ0v) is 10.7. The van der Waals surface area contributed by atoms with E-state index in [0.717, 1.165) is 23.6 Å². The number of ether oxygens (including phenoxy) is 1. The quantitative estimate of drug-likeness (QED) is 0.878. The summed E-state index contributed by atoms with van der Waals surface area (Å²) in [5.41, 5.74) is 0.865. The standard InChI is InChI=1S/C14H18N2O2/c1-11(17)12-4-3-5-13(10-12)18-9-6-14-15-7-8-16(14)2/h3-5,7-8,10-11,17H,6,9H2,1-2H3. The number of aryl methyl sites for hydroxylation is 1. The Morgan fingerprint density at radius 1 is 1.44 bits per heavy atom. The summed E-state index contributed by atoms with van der Waals surface area (Å²) in [6.45, 7) is 2.32. The number of aliphatic hydroxyl groups excluding tert-OH is 1. The van der Waals surface area contributed by atoms with E-state index in [0.29, 0.717) is 6.61 Å². The molecule has 1 heterocycles. The molecule has 96 valence electrons. The van der Waals surface area contributed by atoms with E-state index in [1.807, 2.05) is 42.1 Å². The molecule has 0 bridgehead atoms. The van der Waals surface area contributed by atoms with Gasteiger partial charge in [-0.05, 0) is 24.6 Å². The van der Waals surface area contributed by atoms with Gasteiger partial charge in [0, 0.05) is 25.9 Å². The molecule has 1 atom stereocenters. The van der Waals surface area contributed by atoms with E-state index in [1.165, 1.54) is 0 Å². The fourth-order valence-electron chi connectivity index (χ4n) is 1.76. The van der Waals surface area contributed by atoms with Crippen molar-refractivity contribution in [3.8, 4) is 5.75 Å². The number of rotatable bonds is 5. The zero-order valence-electron chi connectivity index (χ0n) is 10.7. The molecule has 1 unspecified atom stereocenters. The molecule has 0 saturated carbocycles. The molecule has 1 aromatic carbocycles. The third-order valence-electron chi connectivity index (χ3n) is 2.86. The molecule has 0 aliphatic heterocycles. The van der Waals surface area contributed by atoms with Crippen LogP contribution in [-0.4, -0.2) is 21.3 Å². The number of hydrogen-bond donors (Lipinski definition) is 1. The van der Waals surface area contributed by atoms with Crippen molar-refractivity contribution < 1.29 is 9.84 Å². The summed E-state index contributed by atoms with van der Waals surface area (Å²) in [4.78, 5) is 4.24. The molecule has 0 aliphatic carbocycles. The molecule has 2 aromatic rings. The van der Waals surface area contributed by atoms with E-state index in [4.69, 9.17) is 4.74 Å². The minimum atomic E-state index is -0.469. The van der Waals surface area contributed by atoms with Crippen molar-refractivity contribution in [2.75, 3.05) is 6.61 Å². The monoisotopic (exact) mass is 246 g/mol. The van der Waals surface area contributed by atoms with Gasteiger partial charge in [0.2, 0.25) is 0 Å². The predicted molar refractivity (Wildman–Crippen MR) is 69.5 cm³/mol. The molecule has 0 spiro atoms. The van der Waals surface area contributed by atoms with Crippen LogP contribution in [0.15, 0.2) is 36.7 Å². The first-order valence-corrected chi connectivity index (χ1v) is 6.04. The van der Waals surface area contributed by atoms with Gasteiger partial charge in [0.05, 0.1) is 12.7 Å². The summed E-state index contributed by atoms with van der Waals surface area (Å²) in [5, 5.41) is 9.49. The fraction of sp³-hybridized carbons (Fsp3) is 0.357. The molecule has 0 radical (unpaired) electrons. The maximum Gasteiger partial charge on any atom is 0.119 e. The Morgan fingerprint density at radius 2 is 2.28 bits per heavy atom. The summed E-state index contributed by atoms with van der Waals surface area (Å²) >= 11 is 0. The molecule has 4 nitrogen and oxygen atoms in total. The van der Waals surface area contributed by atoms with Gasteiger partial charge >= 0.3 is 0 Å². The minimum absolute atomic E-state index is 0.469. The largest absolute Gasteiger partial charge is 0.493 e. The number of imidazole rings is 1. The van der Waals surface area contributed by atoms with Gasteiger partial charge in [-0.1, -0.05) is 12.1 Å². The Labute approximate surface area is 107 Å². The molecule has 18 heavy (non-hydrogen) atoms. The molecule has 2 rings (SSSR count). The Morgan fingerprint density at radius 3 is 2.94 bits per heavy atom. The highest BCUT2D eigenvalue weighted by atomic mass is 16.5.